The van der Waals surface area contributed by atoms with E-state index in [0.29, 0.717) is 6.61 Å². The minimum Gasteiger partial charge on any atom is -0.494 e. The summed E-state index contributed by atoms with van der Waals surface area (Å²) in [7, 11) is 0. The van der Waals surface area contributed by atoms with Gasteiger partial charge < -0.3 is 14.8 Å². The van der Waals surface area contributed by atoms with Crippen molar-refractivity contribution in [3.05, 3.63) is 54.1 Å². The lowest BCUT2D eigenvalue weighted by Crippen LogP contribution is -2.09. The van der Waals surface area contributed by atoms with Crippen molar-refractivity contribution >= 4 is 5.69 Å². The lowest BCUT2D eigenvalue weighted by molar-refractivity contribution is 0.240. The smallest absolute Gasteiger partial charge is 0.124 e. The zero-order valence-corrected chi connectivity index (χ0v) is 12.9. The van der Waals surface area contributed by atoms with E-state index in [9.17, 15) is 0 Å². The van der Waals surface area contributed by atoms with Crippen molar-refractivity contribution in [3.63, 3.8) is 0 Å². The molecule has 3 nitrogen and oxygen atoms in total. The first kappa shape index (κ1) is 15.2. The maximum atomic E-state index is 5.82. The van der Waals surface area contributed by atoms with Crippen molar-refractivity contribution < 1.29 is 9.47 Å². The van der Waals surface area contributed by atoms with E-state index in [2.05, 4.69) is 11.4 Å². The highest BCUT2D eigenvalue weighted by Gasteiger charge is 2.04. The predicted molar refractivity (Wildman–Crippen MR) is 87.1 cm³/mol. The highest BCUT2D eigenvalue weighted by molar-refractivity contribution is 5.47. The minimum absolute atomic E-state index is 0.177. The Morgan fingerprint density at radius 1 is 1.00 bits per heavy atom. The predicted octanol–water partition coefficient (Wildman–Crippen LogP) is 4.48. The third-order valence-electron chi connectivity index (χ3n) is 2.98. The standard InChI is InChI=1S/C18H23NO2/c1-4-20-17-11-9-16(10-12-17)19-13-15-7-5-6-8-18(15)21-14(2)3/h5-12,14,19H,4,13H2,1-3H3. The Hall–Kier alpha value is -2.16. The van der Waals surface area contributed by atoms with Gasteiger partial charge in [0.2, 0.25) is 0 Å². The Labute approximate surface area is 126 Å². The number of para-hydroxylation sites is 1. The van der Waals surface area contributed by atoms with Crippen LogP contribution < -0.4 is 14.8 Å². The van der Waals surface area contributed by atoms with Crippen LogP contribution in [0.1, 0.15) is 26.3 Å². The Morgan fingerprint density at radius 2 is 1.71 bits per heavy atom. The lowest BCUT2D eigenvalue weighted by Gasteiger charge is -2.15. The Balaban J connectivity index is 1.99. The Morgan fingerprint density at radius 3 is 2.38 bits per heavy atom. The molecule has 0 bridgehead atoms. The SMILES string of the molecule is CCOc1ccc(NCc2ccccc2OC(C)C)cc1. The number of nitrogens with one attached hydrogen (secondary N) is 1. The normalized spacial score (nSPS) is 10.5. The maximum Gasteiger partial charge on any atom is 0.124 e. The third kappa shape index (κ3) is 4.71. The number of rotatable bonds is 7. The molecule has 0 spiro atoms. The van der Waals surface area contributed by atoms with Crippen LogP contribution in [0.5, 0.6) is 11.5 Å². The minimum atomic E-state index is 0.177. The van der Waals surface area contributed by atoms with E-state index >= 15 is 0 Å². The molecule has 1 N–H and O–H groups in total. The van der Waals surface area contributed by atoms with Crippen LogP contribution in [0.15, 0.2) is 48.5 Å². The molecule has 0 saturated carbocycles. The molecule has 0 unspecified atom stereocenters. The molecule has 112 valence electrons. The van der Waals surface area contributed by atoms with Crippen LogP contribution >= 0.6 is 0 Å². The van der Waals surface area contributed by atoms with Gasteiger partial charge in [0.25, 0.3) is 0 Å². The average Bonchev–Trinajstić information content (AvgIpc) is 2.48. The molecular weight excluding hydrogens is 262 g/mol. The van der Waals surface area contributed by atoms with Gasteiger partial charge in [0.1, 0.15) is 11.5 Å². The number of anilines is 1. The molecule has 21 heavy (non-hydrogen) atoms. The van der Waals surface area contributed by atoms with Gasteiger partial charge in [0.05, 0.1) is 12.7 Å². The highest BCUT2D eigenvalue weighted by atomic mass is 16.5. The van der Waals surface area contributed by atoms with Crippen LogP contribution in [-0.2, 0) is 6.54 Å². The third-order valence-corrected chi connectivity index (χ3v) is 2.98. The zero-order valence-electron chi connectivity index (χ0n) is 12.9. The second-order valence-electron chi connectivity index (χ2n) is 5.09. The van der Waals surface area contributed by atoms with Crippen LogP contribution in [0.25, 0.3) is 0 Å². The molecule has 2 aromatic rings. The summed E-state index contributed by atoms with van der Waals surface area (Å²) < 4.78 is 11.3. The molecule has 0 aliphatic rings. The molecule has 0 atom stereocenters. The first-order valence-electron chi connectivity index (χ1n) is 7.40. The Kier molecular flexibility index (Phi) is 5.50. The van der Waals surface area contributed by atoms with E-state index < -0.39 is 0 Å². The second-order valence-corrected chi connectivity index (χ2v) is 5.09. The van der Waals surface area contributed by atoms with E-state index in [1.54, 1.807) is 0 Å². The molecule has 0 heterocycles. The molecule has 2 rings (SSSR count). The van der Waals surface area contributed by atoms with Crippen molar-refractivity contribution in [1.82, 2.24) is 0 Å². The number of benzene rings is 2. The van der Waals surface area contributed by atoms with Crippen molar-refractivity contribution in [2.24, 2.45) is 0 Å². The summed E-state index contributed by atoms with van der Waals surface area (Å²) in [6, 6.07) is 16.1. The van der Waals surface area contributed by atoms with Gasteiger partial charge in [-0.15, -0.1) is 0 Å². The highest BCUT2D eigenvalue weighted by Crippen LogP contribution is 2.21. The number of hydrogen-bond acceptors (Lipinski definition) is 3. The summed E-state index contributed by atoms with van der Waals surface area (Å²) in [6.45, 7) is 7.48. The summed E-state index contributed by atoms with van der Waals surface area (Å²) in [5.41, 5.74) is 2.22. The van der Waals surface area contributed by atoms with Gasteiger partial charge in [0.15, 0.2) is 0 Å². The molecule has 0 aliphatic carbocycles. The quantitative estimate of drug-likeness (QED) is 0.813. The van der Waals surface area contributed by atoms with Gasteiger partial charge in [-0.2, -0.15) is 0 Å². The fraction of sp³-hybridized carbons (Fsp3) is 0.333. The molecule has 0 aliphatic heterocycles. The summed E-state index contributed by atoms with van der Waals surface area (Å²) in [4.78, 5) is 0. The molecule has 0 saturated heterocycles. The number of hydrogen-bond donors (Lipinski definition) is 1. The largest absolute Gasteiger partial charge is 0.494 e. The molecule has 3 heteroatoms. The molecule has 0 amide bonds. The van der Waals surface area contributed by atoms with Gasteiger partial charge >= 0.3 is 0 Å². The van der Waals surface area contributed by atoms with Crippen LogP contribution in [0, 0.1) is 0 Å². The van der Waals surface area contributed by atoms with Gasteiger partial charge in [-0.05, 0) is 51.1 Å². The summed E-state index contributed by atoms with van der Waals surface area (Å²) >= 11 is 0. The van der Waals surface area contributed by atoms with Crippen LogP contribution in [-0.4, -0.2) is 12.7 Å². The van der Waals surface area contributed by atoms with Crippen molar-refractivity contribution in [2.45, 2.75) is 33.4 Å². The summed E-state index contributed by atoms with van der Waals surface area (Å²) in [6.07, 6.45) is 0.177. The fourth-order valence-corrected chi connectivity index (χ4v) is 2.05. The van der Waals surface area contributed by atoms with E-state index in [-0.39, 0.29) is 6.10 Å². The Bertz CT molecular complexity index is 549. The van der Waals surface area contributed by atoms with Crippen molar-refractivity contribution in [1.29, 1.82) is 0 Å². The van der Waals surface area contributed by atoms with Gasteiger partial charge in [-0.25, -0.2) is 0 Å². The van der Waals surface area contributed by atoms with Crippen molar-refractivity contribution in [3.8, 4) is 11.5 Å². The van der Waals surface area contributed by atoms with E-state index in [1.807, 2.05) is 63.2 Å². The van der Waals surface area contributed by atoms with Crippen molar-refractivity contribution in [2.75, 3.05) is 11.9 Å². The molecular formula is C18H23NO2. The van der Waals surface area contributed by atoms with Gasteiger partial charge in [-0.3, -0.25) is 0 Å². The molecule has 0 radical (unpaired) electrons. The monoisotopic (exact) mass is 285 g/mol. The zero-order chi connectivity index (χ0) is 15.1. The molecule has 0 fully saturated rings. The number of ether oxygens (including phenoxy) is 2. The molecule has 2 aromatic carbocycles. The van der Waals surface area contributed by atoms with Gasteiger partial charge in [-0.1, -0.05) is 18.2 Å². The van der Waals surface area contributed by atoms with Crippen LogP contribution in [0.2, 0.25) is 0 Å². The van der Waals surface area contributed by atoms with E-state index in [4.69, 9.17) is 9.47 Å². The van der Waals surface area contributed by atoms with E-state index in [1.165, 1.54) is 0 Å². The summed E-state index contributed by atoms with van der Waals surface area (Å²) in [5, 5.41) is 3.41. The fourth-order valence-electron chi connectivity index (χ4n) is 2.05. The topological polar surface area (TPSA) is 30.5 Å². The van der Waals surface area contributed by atoms with Gasteiger partial charge in [0, 0.05) is 17.8 Å². The summed E-state index contributed by atoms with van der Waals surface area (Å²) in [5.74, 6) is 1.83. The average molecular weight is 285 g/mol. The first-order valence-corrected chi connectivity index (χ1v) is 7.40. The molecule has 0 aromatic heterocycles. The first-order chi connectivity index (χ1) is 10.2. The lowest BCUT2D eigenvalue weighted by atomic mass is 10.2. The van der Waals surface area contributed by atoms with Crippen LogP contribution in [0.4, 0.5) is 5.69 Å². The van der Waals surface area contributed by atoms with Crippen LogP contribution in [0.3, 0.4) is 0 Å². The van der Waals surface area contributed by atoms with E-state index in [0.717, 1.165) is 29.3 Å². The maximum absolute atomic E-state index is 5.82. The second kappa shape index (κ2) is 7.58.